The van der Waals surface area contributed by atoms with Crippen LogP contribution in [0, 0.1) is 0 Å². The van der Waals surface area contributed by atoms with Crippen molar-refractivity contribution >= 4 is 22.4 Å². The summed E-state index contributed by atoms with van der Waals surface area (Å²) in [5.41, 5.74) is 6.81. The second kappa shape index (κ2) is 3.73. The number of anilines is 1. The minimum Gasteiger partial charge on any atom is -0.449 e. The summed E-state index contributed by atoms with van der Waals surface area (Å²) in [6.45, 7) is 1.94. The molecular formula is C11H12N2O2. The zero-order valence-corrected chi connectivity index (χ0v) is 8.49. The number of aromatic nitrogens is 1. The predicted octanol–water partition coefficient (Wildman–Crippen LogP) is 2.39. The van der Waals surface area contributed by atoms with Crippen LogP contribution in [0.15, 0.2) is 22.9 Å². The number of carbonyl (C=O) groups is 1. The maximum absolute atomic E-state index is 11.6. The molecule has 0 fully saturated rings. The molecule has 0 atom stereocenters. The number of pyridine rings is 1. The molecule has 0 radical (unpaired) electrons. The number of rotatable bonds is 3. The topological polar surface area (TPSA) is 69.1 Å². The quantitative estimate of drug-likeness (QED) is 0.779. The van der Waals surface area contributed by atoms with Gasteiger partial charge in [-0.25, -0.2) is 0 Å². The zero-order valence-electron chi connectivity index (χ0n) is 8.49. The standard InChI is InChI=1S/C11H12N2O2/c1-2-3-8(14)11-10(12)7-4-5-13-6-9(7)15-11/h4-6H,2-3,12H2,1H3. The average Bonchev–Trinajstić information content (AvgIpc) is 2.57. The van der Waals surface area contributed by atoms with E-state index in [9.17, 15) is 4.79 Å². The van der Waals surface area contributed by atoms with Gasteiger partial charge in [0.2, 0.25) is 0 Å². The molecule has 0 unspecified atom stereocenters. The van der Waals surface area contributed by atoms with Crippen LogP contribution in [0.1, 0.15) is 30.3 Å². The summed E-state index contributed by atoms with van der Waals surface area (Å²) in [7, 11) is 0. The van der Waals surface area contributed by atoms with Gasteiger partial charge in [0, 0.05) is 18.0 Å². The van der Waals surface area contributed by atoms with Crippen molar-refractivity contribution in [2.45, 2.75) is 19.8 Å². The molecule has 0 spiro atoms. The molecule has 0 aliphatic carbocycles. The molecule has 2 heterocycles. The number of fused-ring (bicyclic) bond motifs is 1. The van der Waals surface area contributed by atoms with Crippen molar-refractivity contribution in [2.75, 3.05) is 5.73 Å². The first-order valence-corrected chi connectivity index (χ1v) is 4.89. The number of hydrogen-bond acceptors (Lipinski definition) is 4. The summed E-state index contributed by atoms with van der Waals surface area (Å²) in [6, 6.07) is 1.75. The van der Waals surface area contributed by atoms with E-state index >= 15 is 0 Å². The van der Waals surface area contributed by atoms with E-state index in [2.05, 4.69) is 4.98 Å². The molecule has 2 aromatic rings. The Balaban J connectivity index is 2.53. The molecule has 0 saturated heterocycles. The molecule has 0 aromatic carbocycles. The van der Waals surface area contributed by atoms with Crippen LogP contribution in [0.5, 0.6) is 0 Å². The second-order valence-corrected chi connectivity index (χ2v) is 3.39. The van der Waals surface area contributed by atoms with E-state index in [4.69, 9.17) is 10.2 Å². The number of nitrogens with zero attached hydrogens (tertiary/aromatic N) is 1. The van der Waals surface area contributed by atoms with Crippen LogP contribution >= 0.6 is 0 Å². The fourth-order valence-electron chi connectivity index (χ4n) is 1.52. The lowest BCUT2D eigenvalue weighted by Gasteiger charge is -1.94. The summed E-state index contributed by atoms with van der Waals surface area (Å²) in [6.07, 6.45) is 4.43. The minimum atomic E-state index is -0.0498. The Kier molecular flexibility index (Phi) is 2.41. The highest BCUT2D eigenvalue weighted by molar-refractivity contribution is 6.06. The van der Waals surface area contributed by atoms with E-state index in [1.165, 1.54) is 0 Å². The molecule has 0 amide bonds. The Hall–Kier alpha value is -1.84. The van der Waals surface area contributed by atoms with E-state index in [1.54, 1.807) is 18.5 Å². The number of furan rings is 1. The smallest absolute Gasteiger partial charge is 0.200 e. The molecular weight excluding hydrogens is 192 g/mol. The Morgan fingerprint density at radius 3 is 3.07 bits per heavy atom. The number of nitrogens with two attached hydrogens (primary N) is 1. The van der Waals surface area contributed by atoms with Gasteiger partial charge in [-0.05, 0) is 12.5 Å². The second-order valence-electron chi connectivity index (χ2n) is 3.39. The van der Waals surface area contributed by atoms with Crippen molar-refractivity contribution in [2.24, 2.45) is 0 Å². The molecule has 78 valence electrons. The number of nitrogen functional groups attached to an aromatic ring is 1. The number of hydrogen-bond donors (Lipinski definition) is 1. The summed E-state index contributed by atoms with van der Waals surface area (Å²) in [4.78, 5) is 15.6. The van der Waals surface area contributed by atoms with Crippen LogP contribution in [-0.4, -0.2) is 10.8 Å². The van der Waals surface area contributed by atoms with E-state index in [0.29, 0.717) is 17.7 Å². The summed E-state index contributed by atoms with van der Waals surface area (Å²) in [5.74, 6) is 0.214. The number of Topliss-reactive ketones (excluding diaryl/α,β-unsaturated/α-hetero) is 1. The van der Waals surface area contributed by atoms with Gasteiger partial charge in [0.25, 0.3) is 0 Å². The minimum absolute atomic E-state index is 0.0498. The predicted molar refractivity (Wildman–Crippen MR) is 57.7 cm³/mol. The van der Waals surface area contributed by atoms with Crippen molar-refractivity contribution in [3.63, 3.8) is 0 Å². The molecule has 0 aliphatic rings. The average molecular weight is 204 g/mol. The van der Waals surface area contributed by atoms with Gasteiger partial charge >= 0.3 is 0 Å². The van der Waals surface area contributed by atoms with Crippen LogP contribution in [0.2, 0.25) is 0 Å². The molecule has 0 saturated carbocycles. The first kappa shape index (κ1) is 9.71. The first-order chi connectivity index (χ1) is 7.24. The van der Waals surface area contributed by atoms with Gasteiger partial charge in [0.1, 0.15) is 0 Å². The summed E-state index contributed by atoms with van der Waals surface area (Å²) >= 11 is 0. The van der Waals surface area contributed by atoms with Crippen LogP contribution in [0.4, 0.5) is 5.69 Å². The van der Waals surface area contributed by atoms with E-state index in [0.717, 1.165) is 11.8 Å². The lowest BCUT2D eigenvalue weighted by molar-refractivity contribution is 0.0958. The molecule has 2 aromatic heterocycles. The van der Waals surface area contributed by atoms with Gasteiger partial charge in [-0.2, -0.15) is 0 Å². The summed E-state index contributed by atoms with van der Waals surface area (Å²) < 4.78 is 5.38. The van der Waals surface area contributed by atoms with Crippen molar-refractivity contribution in [1.29, 1.82) is 0 Å². The third-order valence-electron chi connectivity index (χ3n) is 2.26. The van der Waals surface area contributed by atoms with Crippen molar-refractivity contribution in [3.8, 4) is 0 Å². The Bertz CT molecular complexity index is 502. The molecule has 0 aliphatic heterocycles. The van der Waals surface area contributed by atoms with Crippen LogP contribution < -0.4 is 5.73 Å². The molecule has 2 rings (SSSR count). The van der Waals surface area contributed by atoms with Crippen molar-refractivity contribution in [1.82, 2.24) is 4.98 Å². The van der Waals surface area contributed by atoms with Gasteiger partial charge in [0.05, 0.1) is 11.9 Å². The largest absolute Gasteiger partial charge is 0.449 e. The van der Waals surface area contributed by atoms with Crippen molar-refractivity contribution < 1.29 is 9.21 Å². The Morgan fingerprint density at radius 1 is 1.60 bits per heavy atom. The third kappa shape index (κ3) is 1.58. The number of ketones is 1. The van der Waals surface area contributed by atoms with Crippen LogP contribution in [0.3, 0.4) is 0 Å². The van der Waals surface area contributed by atoms with Crippen molar-refractivity contribution in [3.05, 3.63) is 24.2 Å². The highest BCUT2D eigenvalue weighted by Gasteiger charge is 2.17. The fraction of sp³-hybridized carbons (Fsp3) is 0.273. The molecule has 4 heteroatoms. The van der Waals surface area contributed by atoms with Gasteiger partial charge in [0.15, 0.2) is 17.1 Å². The highest BCUT2D eigenvalue weighted by Crippen LogP contribution is 2.28. The number of carbonyl (C=O) groups excluding carboxylic acids is 1. The van der Waals surface area contributed by atoms with Gasteiger partial charge < -0.3 is 10.2 Å². The molecule has 15 heavy (non-hydrogen) atoms. The normalized spacial score (nSPS) is 10.7. The lowest BCUT2D eigenvalue weighted by Crippen LogP contribution is -1.99. The fourth-order valence-corrected chi connectivity index (χ4v) is 1.52. The lowest BCUT2D eigenvalue weighted by atomic mass is 10.1. The summed E-state index contributed by atoms with van der Waals surface area (Å²) in [5, 5.41) is 0.754. The van der Waals surface area contributed by atoms with Crippen LogP contribution in [-0.2, 0) is 0 Å². The Labute approximate surface area is 87.1 Å². The highest BCUT2D eigenvalue weighted by atomic mass is 16.3. The van der Waals surface area contributed by atoms with Gasteiger partial charge in [-0.15, -0.1) is 0 Å². The first-order valence-electron chi connectivity index (χ1n) is 4.89. The maximum atomic E-state index is 11.6. The Morgan fingerprint density at radius 2 is 2.40 bits per heavy atom. The van der Waals surface area contributed by atoms with Gasteiger partial charge in [-0.1, -0.05) is 6.92 Å². The van der Waals surface area contributed by atoms with E-state index < -0.39 is 0 Å². The maximum Gasteiger partial charge on any atom is 0.200 e. The third-order valence-corrected chi connectivity index (χ3v) is 2.26. The van der Waals surface area contributed by atoms with E-state index in [1.807, 2.05) is 6.92 Å². The molecule has 0 bridgehead atoms. The van der Waals surface area contributed by atoms with Crippen LogP contribution in [0.25, 0.3) is 11.0 Å². The molecule has 4 nitrogen and oxygen atoms in total. The SMILES string of the molecule is CCCC(=O)c1oc2cnccc2c1N. The monoisotopic (exact) mass is 204 g/mol. The van der Waals surface area contributed by atoms with E-state index in [-0.39, 0.29) is 11.5 Å². The molecule has 2 N–H and O–H groups in total. The zero-order chi connectivity index (χ0) is 10.8. The van der Waals surface area contributed by atoms with Gasteiger partial charge in [-0.3, -0.25) is 9.78 Å².